The topological polar surface area (TPSA) is 146 Å². The number of ether oxygens (including phenoxy) is 1. The van der Waals surface area contributed by atoms with Crippen LogP contribution in [-0.2, 0) is 11.2 Å². The van der Waals surface area contributed by atoms with Crippen molar-refractivity contribution in [1.29, 1.82) is 0 Å². The average molecular weight is 586 g/mol. The number of carboxylic acid groups (broad SMARTS) is 1. The minimum atomic E-state index is -1.04. The molecule has 0 bridgehead atoms. The number of carbonyl (C=O) groups excluding carboxylic acids is 1. The number of nitrogen functional groups attached to an aromatic ring is 1. The lowest BCUT2D eigenvalue weighted by Gasteiger charge is -2.25. The number of aliphatic carboxylic acids is 1. The lowest BCUT2D eigenvalue weighted by atomic mass is 9.95. The van der Waals surface area contributed by atoms with Crippen LogP contribution in [0, 0.1) is 0 Å². The summed E-state index contributed by atoms with van der Waals surface area (Å²) in [5.41, 5.74) is 10.7. The summed E-state index contributed by atoms with van der Waals surface area (Å²) in [4.78, 5) is 33.8. The highest BCUT2D eigenvalue weighted by Gasteiger charge is 2.24. The fraction of sp³-hybridized carbons (Fsp3) is 0.290. The summed E-state index contributed by atoms with van der Waals surface area (Å²) in [6.07, 6.45) is 9.66. The van der Waals surface area contributed by atoms with Crippen molar-refractivity contribution in [3.05, 3.63) is 83.3 Å². The first-order valence-corrected chi connectivity index (χ1v) is 14.8. The monoisotopic (exact) mass is 585 g/mol. The minimum Gasteiger partial charge on any atom is -0.482 e. The molecule has 1 saturated carbocycles. The third-order valence-corrected chi connectivity index (χ3v) is 8.29. The van der Waals surface area contributed by atoms with Crippen LogP contribution in [0.25, 0.3) is 22.4 Å². The number of fused-ring (bicyclic) bond motifs is 1. The molecule has 10 nitrogen and oxygen atoms in total. The zero-order chi connectivity index (χ0) is 29.1. The van der Waals surface area contributed by atoms with Crippen LogP contribution in [0.2, 0.25) is 0 Å². The van der Waals surface area contributed by atoms with Gasteiger partial charge in [0.2, 0.25) is 0 Å². The fourth-order valence-corrected chi connectivity index (χ4v) is 6.20. The SMILES string of the molecule is Nc1nc(C(Cc2ccc(OCC(=O)O)cc2)NC(=O)c2ccc3c(c2)nc(-c2ccoc2)n3C2CCCCC2)cs1. The maximum Gasteiger partial charge on any atom is 0.341 e. The molecule has 5 aromatic rings. The number of carbonyl (C=O) groups is 2. The van der Waals surface area contributed by atoms with E-state index in [2.05, 4.69) is 14.9 Å². The lowest BCUT2D eigenvalue weighted by Crippen LogP contribution is -2.30. The van der Waals surface area contributed by atoms with E-state index in [0.717, 1.165) is 40.8 Å². The van der Waals surface area contributed by atoms with Gasteiger partial charge in [0.1, 0.15) is 17.8 Å². The van der Waals surface area contributed by atoms with Crippen LogP contribution in [0.4, 0.5) is 5.13 Å². The van der Waals surface area contributed by atoms with E-state index < -0.39 is 18.6 Å². The van der Waals surface area contributed by atoms with Crippen LogP contribution in [0.15, 0.2) is 70.9 Å². The Bertz CT molecular complexity index is 1690. The Balaban J connectivity index is 1.26. The van der Waals surface area contributed by atoms with Crippen molar-refractivity contribution >= 4 is 39.4 Å². The second-order valence-corrected chi connectivity index (χ2v) is 11.4. The van der Waals surface area contributed by atoms with Gasteiger partial charge in [-0.15, -0.1) is 11.3 Å². The van der Waals surface area contributed by atoms with Crippen LogP contribution in [0.1, 0.15) is 65.8 Å². The molecule has 0 saturated heterocycles. The molecule has 0 aliphatic heterocycles. The number of hydrogen-bond donors (Lipinski definition) is 3. The molecular weight excluding hydrogens is 554 g/mol. The number of hydrogen-bond acceptors (Lipinski definition) is 8. The van der Waals surface area contributed by atoms with Gasteiger partial charge in [0.25, 0.3) is 5.91 Å². The first kappa shape index (κ1) is 27.5. The Morgan fingerprint density at radius 2 is 1.93 bits per heavy atom. The standard InChI is InChI=1S/C31H31N5O5S/c32-31-35-26(18-42-31)24(14-19-6-9-23(10-7-19)41-17-28(37)38)34-30(39)20-8-11-27-25(15-20)33-29(21-12-13-40-16-21)36(27)22-4-2-1-3-5-22/h6-13,15-16,18,22,24H,1-5,14,17H2,(H2,32,35)(H,34,39)(H,37,38). The molecule has 0 radical (unpaired) electrons. The van der Waals surface area contributed by atoms with Crippen molar-refractivity contribution in [2.45, 2.75) is 50.6 Å². The smallest absolute Gasteiger partial charge is 0.341 e. The predicted molar refractivity (Wildman–Crippen MR) is 160 cm³/mol. The summed E-state index contributed by atoms with van der Waals surface area (Å²) in [5, 5.41) is 14.2. The summed E-state index contributed by atoms with van der Waals surface area (Å²) >= 11 is 1.32. The number of nitrogens with one attached hydrogen (secondary N) is 1. The van der Waals surface area contributed by atoms with Crippen LogP contribution in [0.5, 0.6) is 5.75 Å². The highest BCUT2D eigenvalue weighted by Crippen LogP contribution is 2.36. The van der Waals surface area contributed by atoms with Gasteiger partial charge in [-0.05, 0) is 61.2 Å². The van der Waals surface area contributed by atoms with E-state index in [-0.39, 0.29) is 5.91 Å². The van der Waals surface area contributed by atoms with Gasteiger partial charge in [0.15, 0.2) is 11.7 Å². The van der Waals surface area contributed by atoms with Gasteiger partial charge >= 0.3 is 5.97 Å². The number of carboxylic acids is 1. The average Bonchev–Trinajstić information content (AvgIpc) is 3.76. The van der Waals surface area contributed by atoms with E-state index in [9.17, 15) is 9.59 Å². The third-order valence-electron chi connectivity index (χ3n) is 7.60. The van der Waals surface area contributed by atoms with E-state index in [0.29, 0.717) is 34.6 Å². The van der Waals surface area contributed by atoms with Gasteiger partial charge in [-0.25, -0.2) is 14.8 Å². The number of aromatic nitrogens is 3. The van der Waals surface area contributed by atoms with Gasteiger partial charge in [-0.2, -0.15) is 0 Å². The van der Waals surface area contributed by atoms with Gasteiger partial charge < -0.3 is 29.9 Å². The second kappa shape index (κ2) is 12.1. The summed E-state index contributed by atoms with van der Waals surface area (Å²) in [7, 11) is 0. The normalized spacial score (nSPS) is 14.6. The Hall–Kier alpha value is -4.64. The lowest BCUT2D eigenvalue weighted by molar-refractivity contribution is -0.139. The molecule has 4 N–H and O–H groups in total. The molecule has 3 heterocycles. The molecule has 1 atom stereocenters. The number of nitrogens with zero attached hydrogens (tertiary/aromatic N) is 3. The summed E-state index contributed by atoms with van der Waals surface area (Å²) in [5.74, 6) is 0.0248. The van der Waals surface area contributed by atoms with Gasteiger partial charge in [0, 0.05) is 17.0 Å². The van der Waals surface area contributed by atoms with Crippen molar-refractivity contribution in [3.63, 3.8) is 0 Å². The Morgan fingerprint density at radius 3 is 2.62 bits per heavy atom. The molecule has 1 unspecified atom stereocenters. The van der Waals surface area contributed by atoms with Crippen LogP contribution in [0.3, 0.4) is 0 Å². The molecule has 0 spiro atoms. The zero-order valence-electron chi connectivity index (χ0n) is 22.9. The van der Waals surface area contributed by atoms with E-state index >= 15 is 0 Å². The van der Waals surface area contributed by atoms with E-state index in [1.54, 1.807) is 24.7 Å². The van der Waals surface area contributed by atoms with Crippen LogP contribution < -0.4 is 15.8 Å². The van der Waals surface area contributed by atoms with Crippen molar-refractivity contribution in [1.82, 2.24) is 19.9 Å². The van der Waals surface area contributed by atoms with E-state index in [1.807, 2.05) is 41.8 Å². The van der Waals surface area contributed by atoms with E-state index in [4.69, 9.17) is 25.0 Å². The second-order valence-electron chi connectivity index (χ2n) is 10.5. The molecule has 216 valence electrons. The third kappa shape index (κ3) is 6.01. The number of rotatable bonds is 10. The van der Waals surface area contributed by atoms with E-state index in [1.165, 1.54) is 30.6 Å². The van der Waals surface area contributed by atoms with Crippen molar-refractivity contribution in [2.75, 3.05) is 12.3 Å². The van der Waals surface area contributed by atoms with Gasteiger partial charge in [-0.3, -0.25) is 4.79 Å². The van der Waals surface area contributed by atoms with Crippen LogP contribution in [-0.4, -0.2) is 38.1 Å². The predicted octanol–water partition coefficient (Wildman–Crippen LogP) is 6.02. The van der Waals surface area contributed by atoms with Crippen molar-refractivity contribution in [2.24, 2.45) is 0 Å². The molecule has 6 rings (SSSR count). The summed E-state index contributed by atoms with van der Waals surface area (Å²) in [6, 6.07) is 14.6. The highest BCUT2D eigenvalue weighted by molar-refractivity contribution is 7.13. The van der Waals surface area contributed by atoms with Crippen LogP contribution >= 0.6 is 11.3 Å². The quantitative estimate of drug-likeness (QED) is 0.180. The summed E-state index contributed by atoms with van der Waals surface area (Å²) < 4.78 is 12.9. The van der Waals surface area contributed by atoms with Crippen molar-refractivity contribution in [3.8, 4) is 17.1 Å². The molecule has 2 aromatic carbocycles. The first-order chi connectivity index (χ1) is 20.4. The Morgan fingerprint density at radius 1 is 1.12 bits per heavy atom. The maximum atomic E-state index is 13.6. The highest BCUT2D eigenvalue weighted by atomic mass is 32.1. The van der Waals surface area contributed by atoms with Crippen molar-refractivity contribution < 1.29 is 23.8 Å². The number of thiazole rings is 1. The number of benzene rings is 2. The molecule has 11 heteroatoms. The molecule has 42 heavy (non-hydrogen) atoms. The molecule has 1 fully saturated rings. The largest absolute Gasteiger partial charge is 0.482 e. The zero-order valence-corrected chi connectivity index (χ0v) is 23.7. The molecule has 1 amide bonds. The van der Waals surface area contributed by atoms with Gasteiger partial charge in [-0.1, -0.05) is 31.4 Å². The van der Waals surface area contributed by atoms with Gasteiger partial charge in [0.05, 0.1) is 34.6 Å². The molecular formula is C31H31N5O5S. The number of anilines is 1. The first-order valence-electron chi connectivity index (χ1n) is 13.9. The molecule has 1 aliphatic carbocycles. The number of furan rings is 1. The Labute approximate surface area is 246 Å². The molecule has 3 aromatic heterocycles. The molecule has 1 aliphatic rings. The number of nitrogens with two attached hydrogens (primary N) is 1. The number of imidazole rings is 1. The minimum absolute atomic E-state index is 0.244. The Kier molecular flexibility index (Phi) is 7.91. The number of amides is 1. The maximum absolute atomic E-state index is 13.6. The summed E-state index contributed by atoms with van der Waals surface area (Å²) in [6.45, 7) is -0.414. The fourth-order valence-electron chi connectivity index (χ4n) is 5.58.